The average molecular weight is 253 g/mol. The first-order valence-electron chi connectivity index (χ1n) is 6.84. The maximum absolute atomic E-state index is 4.70. The molecule has 0 bridgehead atoms. The summed E-state index contributed by atoms with van der Waals surface area (Å²) in [6.07, 6.45) is 3.54. The Morgan fingerprint density at radius 3 is 2.42 bits per heavy atom. The number of nitrogens with zero attached hydrogens (tertiary/aromatic N) is 2. The molecule has 0 spiro atoms. The molecule has 98 valence electrons. The van der Waals surface area contributed by atoms with Crippen LogP contribution in [0.1, 0.15) is 36.3 Å². The minimum atomic E-state index is 0.0267. The second-order valence-electron chi connectivity index (χ2n) is 5.27. The van der Waals surface area contributed by atoms with Crippen molar-refractivity contribution in [3.8, 4) is 0 Å². The van der Waals surface area contributed by atoms with Crippen molar-refractivity contribution in [2.24, 2.45) is 0 Å². The van der Waals surface area contributed by atoms with Gasteiger partial charge in [-0.1, -0.05) is 36.8 Å². The highest BCUT2D eigenvalue weighted by Gasteiger charge is 2.43. The molecule has 3 rings (SSSR count). The van der Waals surface area contributed by atoms with Crippen molar-refractivity contribution in [3.63, 3.8) is 0 Å². The van der Waals surface area contributed by atoms with E-state index in [1.165, 1.54) is 12.0 Å². The van der Waals surface area contributed by atoms with E-state index in [-0.39, 0.29) is 5.41 Å². The summed E-state index contributed by atoms with van der Waals surface area (Å²) < 4.78 is 0. The fourth-order valence-electron chi connectivity index (χ4n) is 2.84. The van der Waals surface area contributed by atoms with Gasteiger partial charge in [0.2, 0.25) is 0 Å². The first-order chi connectivity index (χ1) is 9.24. The molecule has 0 unspecified atom stereocenters. The molecule has 1 fully saturated rings. The summed E-state index contributed by atoms with van der Waals surface area (Å²) in [7, 11) is 1.90. The van der Waals surface area contributed by atoms with Crippen LogP contribution in [0.5, 0.6) is 0 Å². The maximum atomic E-state index is 4.70. The predicted molar refractivity (Wildman–Crippen MR) is 77.4 cm³/mol. The quantitative estimate of drug-likeness (QED) is 0.912. The number of aromatic nitrogens is 2. The number of rotatable bonds is 3. The van der Waals surface area contributed by atoms with Crippen LogP contribution < -0.4 is 5.32 Å². The van der Waals surface area contributed by atoms with Gasteiger partial charge < -0.3 is 5.32 Å². The van der Waals surface area contributed by atoms with E-state index >= 15 is 0 Å². The third kappa shape index (κ3) is 1.99. The van der Waals surface area contributed by atoms with Crippen molar-refractivity contribution >= 4 is 5.82 Å². The van der Waals surface area contributed by atoms with Crippen LogP contribution in [-0.2, 0) is 5.41 Å². The number of hydrogen-bond acceptors (Lipinski definition) is 3. The van der Waals surface area contributed by atoms with Crippen LogP contribution in [0.15, 0.2) is 36.4 Å². The molecule has 0 radical (unpaired) electrons. The minimum Gasteiger partial charge on any atom is -0.373 e. The number of aryl methyl sites for hydroxylation is 1. The standard InChI is InChI=1S/C16H19N3/c1-12-11-14(17-2)19-15(18-12)16(9-6-10-16)13-7-4-3-5-8-13/h3-5,7-8,11H,6,9-10H2,1-2H3,(H,17,18,19). The minimum absolute atomic E-state index is 0.0267. The van der Waals surface area contributed by atoms with E-state index in [0.717, 1.165) is 30.2 Å². The smallest absolute Gasteiger partial charge is 0.141 e. The van der Waals surface area contributed by atoms with Crippen LogP contribution in [0, 0.1) is 6.92 Å². The lowest BCUT2D eigenvalue weighted by Gasteiger charge is -2.41. The van der Waals surface area contributed by atoms with E-state index in [1.807, 2.05) is 20.0 Å². The largest absolute Gasteiger partial charge is 0.373 e. The highest BCUT2D eigenvalue weighted by atomic mass is 15.0. The second kappa shape index (κ2) is 4.65. The lowest BCUT2D eigenvalue weighted by Crippen LogP contribution is -2.37. The van der Waals surface area contributed by atoms with Gasteiger partial charge in [-0.15, -0.1) is 0 Å². The molecule has 3 nitrogen and oxygen atoms in total. The second-order valence-corrected chi connectivity index (χ2v) is 5.27. The number of anilines is 1. The van der Waals surface area contributed by atoms with Crippen molar-refractivity contribution < 1.29 is 0 Å². The van der Waals surface area contributed by atoms with Gasteiger partial charge in [-0.05, 0) is 25.3 Å². The summed E-state index contributed by atoms with van der Waals surface area (Å²) in [5, 5.41) is 3.13. The van der Waals surface area contributed by atoms with Crippen molar-refractivity contribution in [1.82, 2.24) is 9.97 Å². The Morgan fingerprint density at radius 2 is 1.84 bits per heavy atom. The molecular weight excluding hydrogens is 234 g/mol. The van der Waals surface area contributed by atoms with Crippen molar-refractivity contribution in [3.05, 3.63) is 53.5 Å². The van der Waals surface area contributed by atoms with E-state index in [0.29, 0.717) is 0 Å². The zero-order chi connectivity index (χ0) is 13.3. The Kier molecular flexibility index (Phi) is 2.97. The van der Waals surface area contributed by atoms with Crippen LogP contribution in [0.4, 0.5) is 5.82 Å². The molecule has 1 heterocycles. The van der Waals surface area contributed by atoms with E-state index in [1.54, 1.807) is 0 Å². The third-order valence-corrected chi connectivity index (χ3v) is 4.07. The molecule has 0 aliphatic heterocycles. The highest BCUT2D eigenvalue weighted by Crippen LogP contribution is 2.47. The fraction of sp³-hybridized carbons (Fsp3) is 0.375. The van der Waals surface area contributed by atoms with Gasteiger partial charge in [-0.25, -0.2) is 9.97 Å². The van der Waals surface area contributed by atoms with Crippen LogP contribution in [-0.4, -0.2) is 17.0 Å². The third-order valence-electron chi connectivity index (χ3n) is 4.07. The summed E-state index contributed by atoms with van der Waals surface area (Å²) >= 11 is 0. The summed E-state index contributed by atoms with van der Waals surface area (Å²) in [6, 6.07) is 12.6. The predicted octanol–water partition coefficient (Wildman–Crippen LogP) is 3.30. The number of hydrogen-bond donors (Lipinski definition) is 1. The van der Waals surface area contributed by atoms with Gasteiger partial charge in [0.1, 0.15) is 11.6 Å². The number of nitrogens with one attached hydrogen (secondary N) is 1. The van der Waals surface area contributed by atoms with Gasteiger partial charge in [0.15, 0.2) is 0 Å². The fourth-order valence-corrected chi connectivity index (χ4v) is 2.84. The maximum Gasteiger partial charge on any atom is 0.141 e. The lowest BCUT2D eigenvalue weighted by atomic mass is 9.64. The lowest BCUT2D eigenvalue weighted by molar-refractivity contribution is 0.285. The van der Waals surface area contributed by atoms with Crippen LogP contribution >= 0.6 is 0 Å². The van der Waals surface area contributed by atoms with Gasteiger partial charge in [0.25, 0.3) is 0 Å². The van der Waals surface area contributed by atoms with Crippen LogP contribution in [0.3, 0.4) is 0 Å². The normalized spacial score (nSPS) is 16.7. The summed E-state index contributed by atoms with van der Waals surface area (Å²) in [6.45, 7) is 2.03. The van der Waals surface area contributed by atoms with Crippen LogP contribution in [0.25, 0.3) is 0 Å². The zero-order valence-corrected chi connectivity index (χ0v) is 11.5. The highest BCUT2D eigenvalue weighted by molar-refractivity contribution is 5.41. The zero-order valence-electron chi connectivity index (χ0n) is 11.5. The molecule has 1 aliphatic rings. The molecule has 1 aliphatic carbocycles. The summed E-state index contributed by atoms with van der Waals surface area (Å²) in [5.41, 5.74) is 2.39. The average Bonchev–Trinajstić information content (AvgIpc) is 2.38. The van der Waals surface area contributed by atoms with E-state index in [9.17, 15) is 0 Å². The molecule has 2 aromatic rings. The van der Waals surface area contributed by atoms with E-state index < -0.39 is 0 Å². The topological polar surface area (TPSA) is 37.8 Å². The Bertz CT molecular complexity index is 574. The van der Waals surface area contributed by atoms with Crippen molar-refractivity contribution in [2.75, 3.05) is 12.4 Å². The monoisotopic (exact) mass is 253 g/mol. The molecule has 1 aromatic carbocycles. The molecule has 1 N–H and O–H groups in total. The van der Waals surface area contributed by atoms with Gasteiger partial charge in [-0.3, -0.25) is 0 Å². The molecule has 0 atom stereocenters. The van der Waals surface area contributed by atoms with Gasteiger partial charge in [-0.2, -0.15) is 0 Å². The van der Waals surface area contributed by atoms with Gasteiger partial charge in [0, 0.05) is 18.8 Å². The molecule has 0 saturated heterocycles. The van der Waals surface area contributed by atoms with Crippen molar-refractivity contribution in [1.29, 1.82) is 0 Å². The Labute approximate surface area is 114 Å². The SMILES string of the molecule is CNc1cc(C)nc(C2(c3ccccc3)CCC2)n1. The Hall–Kier alpha value is -1.90. The summed E-state index contributed by atoms with van der Waals surface area (Å²) in [5.74, 6) is 1.87. The van der Waals surface area contributed by atoms with Gasteiger partial charge >= 0.3 is 0 Å². The van der Waals surface area contributed by atoms with Gasteiger partial charge in [0.05, 0.1) is 5.41 Å². The van der Waals surface area contributed by atoms with E-state index in [4.69, 9.17) is 9.97 Å². The Morgan fingerprint density at radius 1 is 1.11 bits per heavy atom. The molecule has 19 heavy (non-hydrogen) atoms. The Balaban J connectivity index is 2.10. The van der Waals surface area contributed by atoms with Crippen molar-refractivity contribution in [2.45, 2.75) is 31.6 Å². The van der Waals surface area contributed by atoms with Crippen LogP contribution in [0.2, 0.25) is 0 Å². The molecule has 1 aromatic heterocycles. The molecule has 1 saturated carbocycles. The molecule has 0 amide bonds. The summed E-state index contributed by atoms with van der Waals surface area (Å²) in [4.78, 5) is 9.40. The first-order valence-corrected chi connectivity index (χ1v) is 6.84. The molecule has 3 heteroatoms. The van der Waals surface area contributed by atoms with E-state index in [2.05, 4.69) is 35.6 Å². The first kappa shape index (κ1) is 12.2. The number of benzene rings is 1. The molecular formula is C16H19N3.